The third-order valence-corrected chi connectivity index (χ3v) is 3.42. The zero-order chi connectivity index (χ0) is 16.4. The summed E-state index contributed by atoms with van der Waals surface area (Å²) in [4.78, 5) is 11.3. The van der Waals surface area contributed by atoms with Crippen molar-refractivity contribution in [3.8, 4) is 0 Å². The van der Waals surface area contributed by atoms with Crippen LogP contribution in [-0.2, 0) is 14.3 Å². The van der Waals surface area contributed by atoms with Gasteiger partial charge in [0.1, 0.15) is 6.73 Å². The highest BCUT2D eigenvalue weighted by Gasteiger charge is 2.23. The Labute approximate surface area is 129 Å². The fourth-order valence-corrected chi connectivity index (χ4v) is 1.80. The van der Waals surface area contributed by atoms with E-state index in [4.69, 9.17) is 14.6 Å². The van der Waals surface area contributed by atoms with Gasteiger partial charge in [0.2, 0.25) is 5.91 Å². The first-order chi connectivity index (χ1) is 9.72. The predicted octanol–water partition coefficient (Wildman–Crippen LogP) is 2.61. The summed E-state index contributed by atoms with van der Waals surface area (Å²) in [5.41, 5.74) is -0.536. The van der Waals surface area contributed by atoms with Gasteiger partial charge in [-0.1, -0.05) is 13.3 Å². The molecule has 0 aliphatic heterocycles. The fraction of sp³-hybridized carbons (Fsp3) is 0.938. The van der Waals surface area contributed by atoms with Gasteiger partial charge in [-0.15, -0.1) is 0 Å². The second-order valence-corrected chi connectivity index (χ2v) is 6.58. The lowest BCUT2D eigenvalue weighted by Crippen LogP contribution is -2.32. The lowest BCUT2D eigenvalue weighted by atomic mass is 10.0. The highest BCUT2D eigenvalue weighted by Crippen LogP contribution is 2.20. The quantitative estimate of drug-likeness (QED) is 0.429. The van der Waals surface area contributed by atoms with E-state index >= 15 is 0 Å². The van der Waals surface area contributed by atoms with Crippen molar-refractivity contribution in [1.29, 1.82) is 0 Å². The molecular formula is C16H33NO4. The molecule has 0 atom stereocenters. The van der Waals surface area contributed by atoms with Gasteiger partial charge in [0.15, 0.2) is 0 Å². The van der Waals surface area contributed by atoms with Gasteiger partial charge in [0.25, 0.3) is 0 Å². The molecular weight excluding hydrogens is 270 g/mol. The maximum absolute atomic E-state index is 11.3. The van der Waals surface area contributed by atoms with E-state index in [1.54, 1.807) is 0 Å². The molecule has 126 valence electrons. The number of aliphatic hydroxyl groups excluding tert-OH is 1. The van der Waals surface area contributed by atoms with Crippen molar-refractivity contribution in [3.05, 3.63) is 0 Å². The lowest BCUT2D eigenvalue weighted by Gasteiger charge is -2.29. The number of nitrogens with one attached hydrogen (secondary N) is 1. The molecule has 0 heterocycles. The van der Waals surface area contributed by atoms with E-state index in [1.165, 1.54) is 0 Å². The van der Waals surface area contributed by atoms with Crippen molar-refractivity contribution in [2.45, 2.75) is 77.9 Å². The van der Waals surface area contributed by atoms with Gasteiger partial charge in [-0.25, -0.2) is 0 Å². The zero-order valence-electron chi connectivity index (χ0n) is 14.3. The molecule has 0 spiro atoms. The smallest absolute Gasteiger partial charge is 0.221 e. The maximum Gasteiger partial charge on any atom is 0.221 e. The minimum atomic E-state index is -0.355. The first-order valence-electron chi connectivity index (χ1n) is 7.88. The summed E-state index contributed by atoms with van der Waals surface area (Å²) >= 11 is 0. The zero-order valence-corrected chi connectivity index (χ0v) is 14.3. The SMILES string of the molecule is CCCCOC(C)(C)CCOC(C)(C)CCC(=O)NCO. The number of unbranched alkanes of at least 4 members (excludes halogenated alkanes) is 1. The standard InChI is InChI=1S/C16H33NO4/c1-6-7-11-20-16(4,5)10-12-21-15(2,3)9-8-14(19)17-13-18/h18H,6-13H2,1-5H3,(H,17,19). The number of aliphatic hydroxyl groups is 1. The Morgan fingerprint density at radius 1 is 1.05 bits per heavy atom. The Morgan fingerprint density at radius 3 is 2.19 bits per heavy atom. The molecule has 0 fully saturated rings. The molecule has 5 nitrogen and oxygen atoms in total. The largest absolute Gasteiger partial charge is 0.377 e. The van der Waals surface area contributed by atoms with Crippen molar-refractivity contribution < 1.29 is 19.4 Å². The topological polar surface area (TPSA) is 67.8 Å². The average molecular weight is 303 g/mol. The summed E-state index contributed by atoms with van der Waals surface area (Å²) in [5.74, 6) is -0.155. The van der Waals surface area contributed by atoms with Crippen LogP contribution in [0.5, 0.6) is 0 Å². The van der Waals surface area contributed by atoms with Gasteiger partial charge in [0.05, 0.1) is 17.8 Å². The number of hydrogen-bond donors (Lipinski definition) is 2. The van der Waals surface area contributed by atoms with Crippen LogP contribution in [0.15, 0.2) is 0 Å². The Bertz CT molecular complexity index is 290. The molecule has 0 aromatic rings. The molecule has 0 aromatic heterocycles. The number of carbonyl (C=O) groups is 1. The van der Waals surface area contributed by atoms with Gasteiger partial charge in [-0.05, 0) is 47.0 Å². The van der Waals surface area contributed by atoms with E-state index in [9.17, 15) is 4.79 Å². The van der Waals surface area contributed by atoms with E-state index < -0.39 is 0 Å². The Kier molecular flexibility index (Phi) is 9.83. The van der Waals surface area contributed by atoms with E-state index in [2.05, 4.69) is 26.1 Å². The summed E-state index contributed by atoms with van der Waals surface area (Å²) < 4.78 is 11.7. The van der Waals surface area contributed by atoms with Gasteiger partial charge in [0, 0.05) is 13.0 Å². The summed E-state index contributed by atoms with van der Waals surface area (Å²) in [6.07, 6.45) is 4.01. The number of carbonyl (C=O) groups excluding carboxylic acids is 1. The van der Waals surface area contributed by atoms with Crippen LogP contribution in [0, 0.1) is 0 Å². The van der Waals surface area contributed by atoms with Crippen molar-refractivity contribution >= 4 is 5.91 Å². The van der Waals surface area contributed by atoms with Crippen LogP contribution in [0.3, 0.4) is 0 Å². The van der Waals surface area contributed by atoms with Crippen LogP contribution in [0.2, 0.25) is 0 Å². The predicted molar refractivity (Wildman–Crippen MR) is 84.0 cm³/mol. The van der Waals surface area contributed by atoms with Gasteiger partial charge in [-0.3, -0.25) is 4.79 Å². The van der Waals surface area contributed by atoms with Crippen LogP contribution < -0.4 is 5.32 Å². The molecule has 1 amide bonds. The van der Waals surface area contributed by atoms with E-state index in [1.807, 2.05) is 13.8 Å². The van der Waals surface area contributed by atoms with Crippen molar-refractivity contribution in [1.82, 2.24) is 5.32 Å². The van der Waals surface area contributed by atoms with Crippen LogP contribution >= 0.6 is 0 Å². The third kappa shape index (κ3) is 11.7. The first-order valence-corrected chi connectivity index (χ1v) is 7.88. The van der Waals surface area contributed by atoms with Crippen molar-refractivity contribution in [2.75, 3.05) is 19.9 Å². The summed E-state index contributed by atoms with van der Waals surface area (Å²) in [7, 11) is 0. The van der Waals surface area contributed by atoms with Gasteiger partial charge in [-0.2, -0.15) is 0 Å². The number of amides is 1. The third-order valence-electron chi connectivity index (χ3n) is 3.42. The van der Waals surface area contributed by atoms with Crippen LogP contribution in [0.1, 0.15) is 66.7 Å². The van der Waals surface area contributed by atoms with Gasteiger partial charge < -0.3 is 19.9 Å². The molecule has 0 bridgehead atoms. The van der Waals surface area contributed by atoms with Crippen LogP contribution in [-0.4, -0.2) is 42.2 Å². The lowest BCUT2D eigenvalue weighted by molar-refractivity contribution is -0.124. The Balaban J connectivity index is 3.93. The van der Waals surface area contributed by atoms with Crippen LogP contribution in [0.4, 0.5) is 0 Å². The first kappa shape index (κ1) is 20.3. The molecule has 0 saturated carbocycles. The summed E-state index contributed by atoms with van der Waals surface area (Å²) in [6.45, 7) is 11.3. The fourth-order valence-electron chi connectivity index (χ4n) is 1.80. The molecule has 0 radical (unpaired) electrons. The second-order valence-electron chi connectivity index (χ2n) is 6.58. The monoisotopic (exact) mass is 303 g/mol. The normalized spacial score (nSPS) is 12.5. The highest BCUT2D eigenvalue weighted by molar-refractivity contribution is 5.75. The number of hydrogen-bond acceptors (Lipinski definition) is 4. The van der Waals surface area contributed by atoms with Gasteiger partial charge >= 0.3 is 0 Å². The molecule has 2 N–H and O–H groups in total. The summed E-state index contributed by atoms with van der Waals surface area (Å²) in [5, 5.41) is 11.0. The highest BCUT2D eigenvalue weighted by atomic mass is 16.5. The average Bonchev–Trinajstić information content (AvgIpc) is 2.36. The van der Waals surface area contributed by atoms with E-state index in [0.717, 1.165) is 25.9 Å². The molecule has 0 saturated heterocycles. The molecule has 0 unspecified atom stereocenters. The molecule has 0 aromatic carbocycles. The number of ether oxygens (including phenoxy) is 2. The van der Waals surface area contributed by atoms with E-state index in [-0.39, 0.29) is 23.8 Å². The summed E-state index contributed by atoms with van der Waals surface area (Å²) in [6, 6.07) is 0. The Hall–Kier alpha value is -0.650. The van der Waals surface area contributed by atoms with Crippen molar-refractivity contribution in [3.63, 3.8) is 0 Å². The molecule has 21 heavy (non-hydrogen) atoms. The van der Waals surface area contributed by atoms with Crippen molar-refractivity contribution in [2.24, 2.45) is 0 Å². The molecule has 0 aliphatic carbocycles. The van der Waals surface area contributed by atoms with Crippen LogP contribution in [0.25, 0.3) is 0 Å². The minimum Gasteiger partial charge on any atom is -0.377 e. The maximum atomic E-state index is 11.3. The molecule has 0 aliphatic rings. The molecule has 5 heteroatoms. The van der Waals surface area contributed by atoms with E-state index in [0.29, 0.717) is 19.4 Å². The molecule has 0 rings (SSSR count). The Morgan fingerprint density at radius 2 is 1.62 bits per heavy atom. The second kappa shape index (κ2) is 10.1. The number of rotatable bonds is 12. The minimum absolute atomic E-state index is 0.155.